The quantitative estimate of drug-likeness (QED) is 0.134. The van der Waals surface area contributed by atoms with Crippen LogP contribution >= 0.6 is 0 Å². The van der Waals surface area contributed by atoms with E-state index in [0.29, 0.717) is 0 Å². The lowest BCUT2D eigenvalue weighted by Crippen LogP contribution is -2.64. The van der Waals surface area contributed by atoms with E-state index < -0.39 is 0 Å². The van der Waals surface area contributed by atoms with Crippen molar-refractivity contribution in [1.82, 2.24) is 0 Å². The number of fused-ring (bicyclic) bond motifs is 8. The fraction of sp³-hybridized carbons (Fsp3) is 0.125. The number of rotatable bonds is 9. The van der Waals surface area contributed by atoms with Crippen molar-refractivity contribution in [3.8, 4) is 78.3 Å². The van der Waals surface area contributed by atoms with Crippen LogP contribution in [-0.2, 0) is 16.2 Å². The Kier molecular flexibility index (Phi) is 14.8. The van der Waals surface area contributed by atoms with Gasteiger partial charge in [0.1, 0.15) is 11.5 Å². The van der Waals surface area contributed by atoms with Gasteiger partial charge in [-0.2, -0.15) is 0 Å². The van der Waals surface area contributed by atoms with Crippen LogP contribution in [0.1, 0.15) is 79.0 Å². The molecule has 0 atom stereocenters. The van der Waals surface area contributed by atoms with Crippen LogP contribution in [0.5, 0.6) is 11.5 Å². The van der Waals surface area contributed by atoms with E-state index >= 15 is 0 Å². The summed E-state index contributed by atoms with van der Waals surface area (Å²) < 4.78 is 8.03. The summed E-state index contributed by atoms with van der Waals surface area (Å²) in [5.41, 5.74) is 34.4. The topological polar surface area (TPSA) is 19.0 Å². The summed E-state index contributed by atoms with van der Waals surface area (Å²) in [5, 5.41) is 0. The molecule has 0 radical (unpaired) electrons. The molecule has 0 unspecified atom stereocenters. The van der Waals surface area contributed by atoms with Gasteiger partial charge in [-0.05, 0) is 159 Å². The van der Waals surface area contributed by atoms with Crippen molar-refractivity contribution in [3.05, 3.63) is 332 Å². The molecule has 0 fully saturated rings. The Morgan fingerprint density at radius 2 is 0.578 bits per heavy atom. The molecular formula is C96H79B2N3O. The van der Waals surface area contributed by atoms with Crippen molar-refractivity contribution in [2.45, 2.75) is 78.6 Å². The summed E-state index contributed by atoms with van der Waals surface area (Å²) in [5.74, 6) is 1.68. The third-order valence-corrected chi connectivity index (χ3v) is 21.8. The summed E-state index contributed by atoms with van der Waals surface area (Å²) in [6, 6.07) is 119. The number of benzene rings is 14. The Morgan fingerprint density at radius 3 is 0.990 bits per heavy atom. The van der Waals surface area contributed by atoms with E-state index in [2.05, 4.69) is 392 Å². The highest BCUT2D eigenvalue weighted by molar-refractivity contribution is 7.02. The van der Waals surface area contributed by atoms with Crippen LogP contribution in [0.2, 0.25) is 0 Å². The van der Waals surface area contributed by atoms with Crippen LogP contribution in [0.4, 0.5) is 51.2 Å². The molecule has 0 bridgehead atoms. The minimum Gasteiger partial charge on any atom is -0.458 e. The SMILES string of the molecule is CC(C)(C)c1ccc(N2c3cc(C(C)(C)C)ccc3B3c4cc5c(cc4N(c4c(-c6ccccc6)cccc4-c4ccccc4)c4cc(-c6ccccc6)cc2c43)Oc2cc(-c3ccccc3)cc3c2B5c2ccc(C(C)(C)C)cc2N3c2c(-c3ccccc3)cccc2-c2ccccc2)cc1. The molecule has 0 amide bonds. The zero-order valence-electron chi connectivity index (χ0n) is 59.4. The number of nitrogens with zero attached hydrogens (tertiary/aromatic N) is 3. The van der Waals surface area contributed by atoms with Gasteiger partial charge in [0.05, 0.1) is 11.4 Å². The molecule has 4 heterocycles. The van der Waals surface area contributed by atoms with Crippen LogP contribution in [0, 0.1) is 0 Å². The van der Waals surface area contributed by atoms with Crippen molar-refractivity contribution >= 4 is 97.4 Å². The van der Waals surface area contributed by atoms with Gasteiger partial charge in [-0.3, -0.25) is 0 Å². The molecule has 0 saturated carbocycles. The molecule has 6 heteroatoms. The molecule has 18 rings (SSSR count). The van der Waals surface area contributed by atoms with Gasteiger partial charge in [-0.15, -0.1) is 0 Å². The average Bonchev–Trinajstić information content (AvgIpc) is 0.686. The minimum atomic E-state index is -0.256. The molecule has 14 aromatic rings. The van der Waals surface area contributed by atoms with Gasteiger partial charge < -0.3 is 19.4 Å². The fourth-order valence-electron chi connectivity index (χ4n) is 16.6. The highest BCUT2D eigenvalue weighted by Crippen LogP contribution is 2.55. The number of para-hydroxylation sites is 2. The van der Waals surface area contributed by atoms with E-state index in [4.69, 9.17) is 4.74 Å². The average molecular weight is 1310 g/mol. The lowest BCUT2D eigenvalue weighted by atomic mass is 9.30. The van der Waals surface area contributed by atoms with E-state index in [9.17, 15) is 0 Å². The predicted octanol–water partition coefficient (Wildman–Crippen LogP) is 22.1. The van der Waals surface area contributed by atoms with E-state index in [-0.39, 0.29) is 29.7 Å². The molecule has 102 heavy (non-hydrogen) atoms. The second-order valence-electron chi connectivity index (χ2n) is 31.2. The molecule has 4 aliphatic rings. The molecular weight excluding hydrogens is 1230 g/mol. The molecule has 490 valence electrons. The maximum atomic E-state index is 8.03. The Morgan fingerprint density at radius 1 is 0.235 bits per heavy atom. The van der Waals surface area contributed by atoms with Crippen molar-refractivity contribution in [2.75, 3.05) is 14.7 Å². The zero-order chi connectivity index (χ0) is 69.3. The second kappa shape index (κ2) is 24.1. The van der Waals surface area contributed by atoms with Crippen molar-refractivity contribution in [3.63, 3.8) is 0 Å². The van der Waals surface area contributed by atoms with Gasteiger partial charge in [-0.25, -0.2) is 0 Å². The second-order valence-corrected chi connectivity index (χ2v) is 31.2. The first kappa shape index (κ1) is 62.6. The van der Waals surface area contributed by atoms with Crippen molar-refractivity contribution in [1.29, 1.82) is 0 Å². The molecule has 0 spiro atoms. The molecule has 4 aliphatic heterocycles. The van der Waals surface area contributed by atoms with E-state index in [1.165, 1.54) is 44.2 Å². The molecule has 0 aromatic heterocycles. The fourth-order valence-corrected chi connectivity index (χ4v) is 16.6. The van der Waals surface area contributed by atoms with Crippen molar-refractivity contribution in [2.24, 2.45) is 0 Å². The largest absolute Gasteiger partial charge is 0.458 e. The van der Waals surface area contributed by atoms with Gasteiger partial charge in [0, 0.05) is 68.1 Å². The third kappa shape index (κ3) is 10.4. The molecule has 0 aliphatic carbocycles. The Balaban J connectivity index is 0.983. The minimum absolute atomic E-state index is 0.0415. The third-order valence-electron chi connectivity index (χ3n) is 21.8. The zero-order valence-corrected chi connectivity index (χ0v) is 59.4. The molecule has 4 nitrogen and oxygen atoms in total. The van der Waals surface area contributed by atoms with Crippen LogP contribution < -0.4 is 52.2 Å². The van der Waals surface area contributed by atoms with Crippen LogP contribution in [-0.4, -0.2) is 13.4 Å². The smallest absolute Gasteiger partial charge is 0.256 e. The summed E-state index contributed by atoms with van der Waals surface area (Å²) in [7, 11) is 0. The monoisotopic (exact) mass is 1310 g/mol. The van der Waals surface area contributed by atoms with Gasteiger partial charge in [0.15, 0.2) is 0 Å². The van der Waals surface area contributed by atoms with Crippen LogP contribution in [0.25, 0.3) is 66.8 Å². The lowest BCUT2D eigenvalue weighted by Gasteiger charge is -2.46. The summed E-state index contributed by atoms with van der Waals surface area (Å²) in [6.07, 6.45) is 0. The first-order chi connectivity index (χ1) is 49.5. The first-order valence-electron chi connectivity index (χ1n) is 36.1. The van der Waals surface area contributed by atoms with Crippen LogP contribution in [0.3, 0.4) is 0 Å². The Hall–Kier alpha value is -11.6. The highest BCUT2D eigenvalue weighted by Gasteiger charge is 2.49. The predicted molar refractivity (Wildman–Crippen MR) is 435 cm³/mol. The normalized spacial score (nSPS) is 13.3. The van der Waals surface area contributed by atoms with Crippen LogP contribution in [0.15, 0.2) is 315 Å². The van der Waals surface area contributed by atoms with E-state index in [1.807, 2.05) is 0 Å². The first-order valence-corrected chi connectivity index (χ1v) is 36.1. The molecule has 0 N–H and O–H groups in total. The van der Waals surface area contributed by atoms with Gasteiger partial charge >= 0.3 is 0 Å². The Labute approximate surface area is 602 Å². The lowest BCUT2D eigenvalue weighted by molar-refractivity contribution is 0.488. The van der Waals surface area contributed by atoms with E-state index in [1.54, 1.807) is 0 Å². The number of hydrogen-bond acceptors (Lipinski definition) is 4. The number of anilines is 9. The summed E-state index contributed by atoms with van der Waals surface area (Å²) >= 11 is 0. The van der Waals surface area contributed by atoms with Crippen molar-refractivity contribution < 1.29 is 4.74 Å². The van der Waals surface area contributed by atoms with Gasteiger partial charge in [-0.1, -0.05) is 323 Å². The highest BCUT2D eigenvalue weighted by atomic mass is 16.5. The molecule has 0 saturated heterocycles. The number of hydrogen-bond donors (Lipinski definition) is 0. The standard InChI is InChI=1S/C96H79B2N3O/c1-94(2,3)70-46-50-73(51-47-70)99-82-58-71(95(4,5)6)48-52-78(82)97-80-60-81-88(61-84(80)101(86-55-68(54-85(99)90(86)97)62-30-16-10-17-31-62)93-76(66-38-24-14-25-39-66)44-29-45-77(93)67-40-26-15-27-41-67)102-89-57-69(63-32-18-11-19-33-63)56-87-91(89)98(81)79-53-49-72(96(7,8)9)59-83(79)100(87)92-74(64-34-20-12-21-35-64)42-28-43-75(92)65-36-22-13-23-37-65/h10-61H,1-9H3. The molecule has 14 aromatic carbocycles. The van der Waals surface area contributed by atoms with Gasteiger partial charge in [0.2, 0.25) is 0 Å². The van der Waals surface area contributed by atoms with Gasteiger partial charge in [0.25, 0.3) is 13.4 Å². The Bertz CT molecular complexity index is 5490. The maximum Gasteiger partial charge on any atom is 0.256 e. The summed E-state index contributed by atoms with van der Waals surface area (Å²) in [4.78, 5) is 7.88. The maximum absolute atomic E-state index is 8.03. The summed E-state index contributed by atoms with van der Waals surface area (Å²) in [6.45, 7) is 20.5. The number of ether oxygens (including phenoxy) is 1. The van der Waals surface area contributed by atoms with E-state index in [0.717, 1.165) is 135 Å².